The Hall–Kier alpha value is -4.37. The number of imide groups is 2. The van der Waals surface area contributed by atoms with E-state index in [2.05, 4.69) is 0 Å². The molecule has 4 aliphatic rings. The van der Waals surface area contributed by atoms with Crippen LogP contribution in [0.1, 0.15) is 43.7 Å². The lowest BCUT2D eigenvalue weighted by Gasteiger charge is -2.49. The van der Waals surface area contributed by atoms with E-state index in [0.29, 0.717) is 11.3 Å². The highest BCUT2D eigenvalue weighted by Gasteiger charge is 2.68. The second-order valence-corrected chi connectivity index (χ2v) is 12.9. The zero-order valence-corrected chi connectivity index (χ0v) is 25.2. The Kier molecular flexibility index (Phi) is 6.74. The van der Waals surface area contributed by atoms with Crippen LogP contribution in [-0.4, -0.2) is 28.7 Å². The number of rotatable bonds is 4. The number of phenols is 1. The number of halogens is 3. The number of allylic oxidation sites excluding steroid dienone is 2. The van der Waals surface area contributed by atoms with Crippen LogP contribution in [0.2, 0.25) is 5.02 Å². The molecule has 0 bridgehead atoms. The van der Waals surface area contributed by atoms with Gasteiger partial charge >= 0.3 is 0 Å². The van der Waals surface area contributed by atoms with E-state index in [1.807, 2.05) is 25.1 Å². The van der Waals surface area contributed by atoms with E-state index in [9.17, 15) is 33.1 Å². The van der Waals surface area contributed by atoms with E-state index in [1.165, 1.54) is 29.2 Å². The number of aryl methyl sites for hydroxylation is 1. The molecule has 2 saturated heterocycles. The van der Waals surface area contributed by atoms with Gasteiger partial charge in [0.05, 0.1) is 39.6 Å². The lowest BCUT2D eigenvalue weighted by atomic mass is 9.51. The Morgan fingerprint density at radius 2 is 1.60 bits per heavy atom. The highest BCUT2D eigenvalue weighted by molar-refractivity contribution is 6.32. The number of amides is 4. The van der Waals surface area contributed by atoms with Crippen molar-refractivity contribution >= 4 is 46.6 Å². The van der Waals surface area contributed by atoms with Crippen LogP contribution in [0.25, 0.3) is 0 Å². The third kappa shape index (κ3) is 4.06. The van der Waals surface area contributed by atoms with E-state index in [-0.39, 0.29) is 35.0 Å². The van der Waals surface area contributed by atoms with Crippen LogP contribution in [0, 0.1) is 40.7 Å². The zero-order chi connectivity index (χ0) is 31.9. The number of carbonyl (C=O) groups excluding carboxylic acids is 4. The molecule has 10 heteroatoms. The van der Waals surface area contributed by atoms with Gasteiger partial charge in [0.15, 0.2) is 11.6 Å². The van der Waals surface area contributed by atoms with E-state index in [1.54, 1.807) is 19.1 Å². The van der Waals surface area contributed by atoms with Crippen molar-refractivity contribution < 1.29 is 33.1 Å². The quantitative estimate of drug-likeness (QED) is 0.269. The molecule has 2 aliphatic heterocycles. The molecule has 0 radical (unpaired) electrons. The molecule has 1 N–H and O–H groups in total. The van der Waals surface area contributed by atoms with Gasteiger partial charge in [-0.2, -0.15) is 0 Å². The predicted molar refractivity (Wildman–Crippen MR) is 162 cm³/mol. The Balaban J connectivity index is 1.36. The van der Waals surface area contributed by atoms with Gasteiger partial charge in [-0.25, -0.2) is 13.7 Å². The van der Waals surface area contributed by atoms with Crippen LogP contribution in [0.15, 0.2) is 72.3 Å². The summed E-state index contributed by atoms with van der Waals surface area (Å²) in [4.78, 5) is 58.7. The number of benzene rings is 3. The molecule has 4 amide bonds. The van der Waals surface area contributed by atoms with Gasteiger partial charge in [-0.1, -0.05) is 54.4 Å². The average Bonchev–Trinajstić information content (AvgIpc) is 3.40. The number of hydrogen-bond acceptors (Lipinski definition) is 5. The van der Waals surface area contributed by atoms with Crippen LogP contribution < -0.4 is 9.80 Å². The summed E-state index contributed by atoms with van der Waals surface area (Å²) < 4.78 is 28.9. The van der Waals surface area contributed by atoms with Gasteiger partial charge in [-0.3, -0.25) is 24.1 Å². The maximum absolute atomic E-state index is 14.9. The first-order chi connectivity index (χ1) is 21.5. The third-order valence-corrected chi connectivity index (χ3v) is 10.7. The van der Waals surface area contributed by atoms with Gasteiger partial charge in [0.2, 0.25) is 23.6 Å². The largest absolute Gasteiger partial charge is 0.505 e. The summed E-state index contributed by atoms with van der Waals surface area (Å²) in [5.41, 5.74) is 0.823. The molecule has 2 heterocycles. The van der Waals surface area contributed by atoms with Gasteiger partial charge in [-0.05, 0) is 74.1 Å². The number of nitrogens with zero attached hydrogens (tertiary/aromatic N) is 2. The van der Waals surface area contributed by atoms with Crippen molar-refractivity contribution in [3.8, 4) is 5.75 Å². The van der Waals surface area contributed by atoms with Crippen LogP contribution in [0.4, 0.5) is 20.2 Å². The average molecular weight is 631 g/mol. The molecule has 2 aliphatic carbocycles. The topological polar surface area (TPSA) is 95.0 Å². The molecule has 0 unspecified atom stereocenters. The number of aromatic hydroxyl groups is 1. The van der Waals surface area contributed by atoms with Crippen LogP contribution in [0.3, 0.4) is 0 Å². The number of anilines is 2. The van der Waals surface area contributed by atoms with E-state index in [4.69, 9.17) is 11.6 Å². The molecule has 7 rings (SSSR count). The van der Waals surface area contributed by atoms with Crippen molar-refractivity contribution in [3.63, 3.8) is 0 Å². The number of hydrogen-bond donors (Lipinski definition) is 1. The van der Waals surface area contributed by atoms with Gasteiger partial charge in [0.25, 0.3) is 0 Å². The summed E-state index contributed by atoms with van der Waals surface area (Å²) in [5, 5.41) is 10.7. The fourth-order valence-corrected chi connectivity index (χ4v) is 8.30. The fraction of sp³-hybridized carbons (Fsp3) is 0.314. The van der Waals surface area contributed by atoms with Crippen LogP contribution in [0.5, 0.6) is 5.75 Å². The smallest absolute Gasteiger partial charge is 0.241 e. The Morgan fingerprint density at radius 3 is 2.29 bits per heavy atom. The second-order valence-electron chi connectivity index (χ2n) is 12.5. The second kappa shape index (κ2) is 10.3. The van der Waals surface area contributed by atoms with Gasteiger partial charge in [0.1, 0.15) is 5.82 Å². The van der Waals surface area contributed by atoms with Gasteiger partial charge in [-0.15, -0.1) is 0 Å². The number of para-hydroxylation sites is 1. The molecule has 6 atom stereocenters. The van der Waals surface area contributed by atoms with Crippen molar-refractivity contribution in [1.82, 2.24) is 0 Å². The van der Waals surface area contributed by atoms with E-state index >= 15 is 0 Å². The monoisotopic (exact) mass is 630 g/mol. The van der Waals surface area contributed by atoms with E-state index < -0.39 is 70.1 Å². The molecule has 3 aromatic rings. The summed E-state index contributed by atoms with van der Waals surface area (Å²) in [6.45, 7) is 3.62. The predicted octanol–water partition coefficient (Wildman–Crippen LogP) is 6.32. The maximum atomic E-state index is 14.9. The first kappa shape index (κ1) is 29.3. The first-order valence-corrected chi connectivity index (χ1v) is 15.3. The van der Waals surface area contributed by atoms with Crippen molar-refractivity contribution in [2.75, 3.05) is 9.80 Å². The molecular weight excluding hydrogens is 602 g/mol. The summed E-state index contributed by atoms with van der Waals surface area (Å²) in [6.07, 6.45) is 2.91. The minimum Gasteiger partial charge on any atom is -0.505 e. The van der Waals surface area contributed by atoms with Crippen molar-refractivity contribution in [2.45, 2.75) is 39.0 Å². The molecule has 0 spiro atoms. The minimum atomic E-state index is -1.50. The van der Waals surface area contributed by atoms with Crippen LogP contribution >= 0.6 is 11.6 Å². The summed E-state index contributed by atoms with van der Waals surface area (Å²) in [7, 11) is 0. The number of carbonyl (C=O) groups is 4. The molecule has 0 aromatic heterocycles. The maximum Gasteiger partial charge on any atom is 0.241 e. The Morgan fingerprint density at radius 1 is 0.889 bits per heavy atom. The third-order valence-electron chi connectivity index (χ3n) is 10.4. The molecule has 7 nitrogen and oxygen atoms in total. The number of phenolic OH excluding ortho intramolecular Hbond substituents is 1. The highest BCUT2D eigenvalue weighted by Crippen LogP contribution is 2.64. The Labute approximate surface area is 263 Å². The minimum absolute atomic E-state index is 0.0771. The van der Waals surface area contributed by atoms with Gasteiger partial charge < -0.3 is 5.11 Å². The summed E-state index contributed by atoms with van der Waals surface area (Å²) in [6, 6.07) is 14.8. The Bertz CT molecular complexity index is 1840. The molecule has 1 saturated carbocycles. The van der Waals surface area contributed by atoms with Crippen LogP contribution in [-0.2, 0) is 25.6 Å². The zero-order valence-electron chi connectivity index (χ0n) is 24.5. The standard InChI is InChI=1S/C35H29ClF2N2O5/c1-3-17-7-9-18(10-8-17)39-31(42)21-13-12-20-23(28(21)33(39)44)16-24-32(43)40(19-11-14-26(37)25(36)15-19)34(45)35(24,2)29(20)22-5-4-6-27(38)30(22)41/h4-12,14-15,21,23-24,28-29,41H,3,13,16H2,1-2H3/t21-,23+,24-,28-,29+,35+/m0/s1. The fourth-order valence-electron chi connectivity index (χ4n) is 8.13. The molecule has 3 fully saturated rings. The first-order valence-electron chi connectivity index (χ1n) is 15.0. The van der Waals surface area contributed by atoms with Crippen molar-refractivity contribution in [1.29, 1.82) is 0 Å². The summed E-state index contributed by atoms with van der Waals surface area (Å²) in [5.74, 6) is -8.29. The molecule has 3 aromatic carbocycles. The lowest BCUT2D eigenvalue weighted by Crippen LogP contribution is -2.49. The normalized spacial score (nSPS) is 29.1. The van der Waals surface area contributed by atoms with E-state index in [0.717, 1.165) is 29.0 Å². The van der Waals surface area contributed by atoms with Gasteiger partial charge in [0, 0.05) is 11.5 Å². The molecule has 45 heavy (non-hydrogen) atoms. The summed E-state index contributed by atoms with van der Waals surface area (Å²) >= 11 is 6.03. The molecule has 230 valence electrons. The number of fused-ring (bicyclic) bond motifs is 4. The van der Waals surface area contributed by atoms with Crippen molar-refractivity contribution in [2.24, 2.45) is 29.1 Å². The highest BCUT2D eigenvalue weighted by atomic mass is 35.5. The lowest BCUT2D eigenvalue weighted by molar-refractivity contribution is -0.131. The SMILES string of the molecule is CCc1ccc(N2C(=O)[C@H]3[C@H](CC=C4[C@H]3C[C@H]3C(=O)N(c5ccc(F)c(Cl)c5)C(=O)[C@@]3(C)[C@H]4c3cccc(F)c3O)C2=O)cc1. The van der Waals surface area contributed by atoms with Crippen molar-refractivity contribution in [3.05, 3.63) is 100 Å². The molecular formula is C35H29ClF2N2O5.